The fourth-order valence-electron chi connectivity index (χ4n) is 2.40. The molecule has 2 aromatic carbocycles. The van der Waals surface area contributed by atoms with Crippen LogP contribution in [0.2, 0.25) is 0 Å². The van der Waals surface area contributed by atoms with Crippen molar-refractivity contribution in [3.8, 4) is 6.07 Å². The molecular formula is C18H16ClN3S. The van der Waals surface area contributed by atoms with E-state index in [-0.39, 0.29) is 6.04 Å². The smallest absolute Gasteiger partial charge is 0.163 e. The van der Waals surface area contributed by atoms with Gasteiger partial charge < -0.3 is 11.1 Å². The number of halogens is 1. The van der Waals surface area contributed by atoms with Crippen molar-refractivity contribution in [1.82, 2.24) is 0 Å². The van der Waals surface area contributed by atoms with Crippen molar-refractivity contribution in [2.75, 3.05) is 16.8 Å². The summed E-state index contributed by atoms with van der Waals surface area (Å²) in [4.78, 5) is 0.127. The van der Waals surface area contributed by atoms with Crippen molar-refractivity contribution in [1.29, 1.82) is 5.26 Å². The molecule has 1 heterocycles. The van der Waals surface area contributed by atoms with Crippen LogP contribution in [0.15, 0.2) is 60.7 Å². The highest BCUT2D eigenvalue weighted by atomic mass is 35.5. The van der Waals surface area contributed by atoms with Gasteiger partial charge in [-0.3, -0.25) is 0 Å². The highest BCUT2D eigenvalue weighted by Crippen LogP contribution is 2.41. The van der Waals surface area contributed by atoms with Crippen molar-refractivity contribution in [3.05, 3.63) is 66.2 Å². The summed E-state index contributed by atoms with van der Waals surface area (Å²) in [5.41, 5.74) is 8.51. The van der Waals surface area contributed by atoms with E-state index in [1.165, 1.54) is 0 Å². The van der Waals surface area contributed by atoms with Gasteiger partial charge >= 0.3 is 0 Å². The van der Waals surface area contributed by atoms with Crippen LogP contribution in [-0.4, -0.2) is 16.7 Å². The van der Waals surface area contributed by atoms with E-state index in [2.05, 4.69) is 11.4 Å². The first kappa shape index (κ1) is 15.8. The molecule has 116 valence electrons. The summed E-state index contributed by atoms with van der Waals surface area (Å²) in [5, 5.41) is 12.9. The van der Waals surface area contributed by atoms with E-state index >= 15 is 0 Å². The molecule has 0 saturated heterocycles. The number of thioether (sulfide) groups is 1. The number of rotatable bonds is 3. The minimum Gasteiger partial charge on any atom is -0.399 e. The lowest BCUT2D eigenvalue weighted by Gasteiger charge is -2.33. The molecule has 0 bridgehead atoms. The second kappa shape index (κ2) is 6.57. The molecule has 0 aliphatic carbocycles. The number of alkyl halides is 1. The zero-order valence-electron chi connectivity index (χ0n) is 12.4. The summed E-state index contributed by atoms with van der Waals surface area (Å²) in [6.07, 6.45) is 2.03. The molecule has 1 aliphatic rings. The number of benzene rings is 2. The van der Waals surface area contributed by atoms with Gasteiger partial charge in [-0.15, -0.1) is 11.8 Å². The van der Waals surface area contributed by atoms with E-state index < -0.39 is 4.87 Å². The molecular weight excluding hydrogens is 326 g/mol. The number of nitrogens with two attached hydrogens (primary N) is 1. The van der Waals surface area contributed by atoms with Crippen LogP contribution in [0.4, 0.5) is 11.4 Å². The van der Waals surface area contributed by atoms with Gasteiger partial charge in [-0.1, -0.05) is 41.9 Å². The number of anilines is 2. The minimum absolute atomic E-state index is 0.273. The van der Waals surface area contributed by atoms with E-state index in [9.17, 15) is 5.26 Å². The quantitative estimate of drug-likeness (QED) is 0.644. The predicted molar refractivity (Wildman–Crippen MR) is 99.3 cm³/mol. The average molecular weight is 342 g/mol. The first-order valence-electron chi connectivity index (χ1n) is 7.23. The number of nitriles is 1. The lowest BCUT2D eigenvalue weighted by molar-refractivity contribution is 0.728. The Kier molecular flexibility index (Phi) is 4.51. The molecule has 0 aromatic heterocycles. The van der Waals surface area contributed by atoms with Crippen LogP contribution >= 0.6 is 23.4 Å². The summed E-state index contributed by atoms with van der Waals surface area (Å²) in [7, 11) is 0. The molecule has 2 aromatic rings. The summed E-state index contributed by atoms with van der Waals surface area (Å²) < 4.78 is 0. The van der Waals surface area contributed by atoms with Crippen molar-refractivity contribution in [2.24, 2.45) is 0 Å². The Morgan fingerprint density at radius 2 is 1.87 bits per heavy atom. The molecule has 3 rings (SSSR count). The van der Waals surface area contributed by atoms with Gasteiger partial charge in [0.1, 0.15) is 0 Å². The highest BCUT2D eigenvalue weighted by molar-refractivity contribution is 8.08. The molecule has 0 fully saturated rings. The predicted octanol–water partition coefficient (Wildman–Crippen LogP) is 4.34. The Labute approximate surface area is 145 Å². The summed E-state index contributed by atoms with van der Waals surface area (Å²) in [5.74, 6) is 0.520. The van der Waals surface area contributed by atoms with Crippen molar-refractivity contribution in [3.63, 3.8) is 0 Å². The SMILES string of the molecule is N#CC1(Cl)CSC(c2ccc(N)cc2)=CC1Nc1ccccc1. The number of para-hydroxylation sites is 1. The number of nitrogens with zero attached hydrogens (tertiary/aromatic N) is 1. The number of hydrogen-bond donors (Lipinski definition) is 2. The molecule has 0 spiro atoms. The normalized spacial score (nSPS) is 23.7. The van der Waals surface area contributed by atoms with E-state index in [0.717, 1.165) is 21.8 Å². The summed E-state index contributed by atoms with van der Waals surface area (Å²) >= 11 is 8.14. The van der Waals surface area contributed by atoms with Crippen LogP contribution in [0.1, 0.15) is 5.56 Å². The minimum atomic E-state index is -0.974. The Morgan fingerprint density at radius 3 is 2.52 bits per heavy atom. The fraction of sp³-hybridized carbons (Fsp3) is 0.167. The van der Waals surface area contributed by atoms with Crippen LogP contribution in [-0.2, 0) is 0 Å². The lowest BCUT2D eigenvalue weighted by atomic mass is 9.99. The molecule has 0 saturated carbocycles. The molecule has 1 aliphatic heterocycles. The van der Waals surface area contributed by atoms with Gasteiger partial charge in [-0.25, -0.2) is 0 Å². The van der Waals surface area contributed by atoms with Gasteiger partial charge in [0.25, 0.3) is 0 Å². The highest BCUT2D eigenvalue weighted by Gasteiger charge is 2.40. The van der Waals surface area contributed by atoms with Gasteiger partial charge in [-0.05, 0) is 35.9 Å². The van der Waals surface area contributed by atoms with Gasteiger partial charge in [0.2, 0.25) is 0 Å². The second-order valence-electron chi connectivity index (χ2n) is 5.40. The maximum absolute atomic E-state index is 9.51. The van der Waals surface area contributed by atoms with Crippen molar-refractivity contribution < 1.29 is 0 Å². The topological polar surface area (TPSA) is 61.8 Å². The molecule has 0 amide bonds. The van der Waals surface area contributed by atoms with Gasteiger partial charge in [0.05, 0.1) is 12.1 Å². The van der Waals surface area contributed by atoms with Crippen molar-refractivity contribution >= 4 is 39.6 Å². The van der Waals surface area contributed by atoms with Crippen LogP contribution in [0.3, 0.4) is 0 Å². The third kappa shape index (κ3) is 3.47. The summed E-state index contributed by atoms with van der Waals surface area (Å²) in [6, 6.07) is 19.5. The second-order valence-corrected chi connectivity index (χ2v) is 7.10. The maximum Gasteiger partial charge on any atom is 0.163 e. The first-order chi connectivity index (χ1) is 11.1. The van der Waals surface area contributed by atoms with Crippen LogP contribution in [0, 0.1) is 11.3 Å². The molecule has 3 nitrogen and oxygen atoms in total. The van der Waals surface area contributed by atoms with E-state index in [0.29, 0.717) is 5.75 Å². The van der Waals surface area contributed by atoms with E-state index in [1.54, 1.807) is 11.8 Å². The Balaban J connectivity index is 1.92. The monoisotopic (exact) mass is 341 g/mol. The molecule has 3 N–H and O–H groups in total. The fourth-order valence-corrected chi connectivity index (χ4v) is 3.83. The Morgan fingerprint density at radius 1 is 1.17 bits per heavy atom. The standard InChI is InChI=1S/C18H16ClN3S/c19-18(11-20)12-23-16(13-6-8-14(21)9-7-13)10-17(18)22-15-4-2-1-3-5-15/h1-10,17,22H,12,21H2. The Hall–Kier alpha value is -2.09. The van der Waals surface area contributed by atoms with Gasteiger partial charge in [0, 0.05) is 22.0 Å². The lowest BCUT2D eigenvalue weighted by Crippen LogP contribution is -2.44. The zero-order chi connectivity index (χ0) is 16.3. The Bertz CT molecular complexity index is 752. The van der Waals surface area contributed by atoms with Crippen LogP contribution in [0.25, 0.3) is 4.91 Å². The molecule has 23 heavy (non-hydrogen) atoms. The average Bonchev–Trinajstić information content (AvgIpc) is 2.59. The molecule has 2 unspecified atom stereocenters. The summed E-state index contributed by atoms with van der Waals surface area (Å²) in [6.45, 7) is 0. The van der Waals surface area contributed by atoms with Crippen molar-refractivity contribution in [2.45, 2.75) is 10.9 Å². The van der Waals surface area contributed by atoms with Crippen LogP contribution < -0.4 is 11.1 Å². The number of nitrogen functional groups attached to an aromatic ring is 1. The number of hydrogen-bond acceptors (Lipinski definition) is 4. The van der Waals surface area contributed by atoms with E-state index in [4.69, 9.17) is 17.3 Å². The third-order valence-corrected chi connectivity index (χ3v) is 5.62. The van der Waals surface area contributed by atoms with Gasteiger partial charge in [0.15, 0.2) is 4.87 Å². The molecule has 2 atom stereocenters. The largest absolute Gasteiger partial charge is 0.399 e. The van der Waals surface area contributed by atoms with Gasteiger partial charge in [-0.2, -0.15) is 5.26 Å². The third-order valence-electron chi connectivity index (χ3n) is 3.73. The zero-order valence-corrected chi connectivity index (χ0v) is 13.9. The molecule has 0 radical (unpaired) electrons. The van der Waals surface area contributed by atoms with Crippen LogP contribution in [0.5, 0.6) is 0 Å². The first-order valence-corrected chi connectivity index (χ1v) is 8.59. The number of nitrogens with one attached hydrogen (secondary N) is 1. The van der Waals surface area contributed by atoms with E-state index in [1.807, 2.05) is 60.7 Å². The molecule has 5 heteroatoms. The maximum atomic E-state index is 9.51.